The van der Waals surface area contributed by atoms with Crippen LogP contribution < -0.4 is 14.5 Å². The van der Waals surface area contributed by atoms with E-state index < -0.39 is 23.7 Å². The molecule has 0 N–H and O–H groups in total. The molecule has 4 aromatic rings. The van der Waals surface area contributed by atoms with Gasteiger partial charge in [0.15, 0.2) is 0 Å². The molecule has 3 aliphatic rings. The number of amides is 1. The minimum Gasteiger partial charge on any atom is -0.466 e. The highest BCUT2D eigenvalue weighted by Crippen LogP contribution is 2.42. The van der Waals surface area contributed by atoms with E-state index in [1.54, 1.807) is 4.90 Å². The Labute approximate surface area is 273 Å². The first-order chi connectivity index (χ1) is 23.0. The Kier molecular flexibility index (Phi) is 8.24. The highest BCUT2D eigenvalue weighted by Gasteiger charge is 2.55. The highest BCUT2D eigenvalue weighted by atomic mass is 16.6. The van der Waals surface area contributed by atoms with Gasteiger partial charge in [-0.15, -0.1) is 0 Å². The fourth-order valence-corrected chi connectivity index (χ4v) is 6.58. The summed E-state index contributed by atoms with van der Waals surface area (Å²) in [6, 6.07) is 26.1. The monoisotopic (exact) mass is 632 g/mol. The van der Waals surface area contributed by atoms with E-state index in [-0.39, 0.29) is 19.0 Å². The fourth-order valence-electron chi connectivity index (χ4n) is 6.58. The highest BCUT2D eigenvalue weighted by molar-refractivity contribution is 5.94. The summed E-state index contributed by atoms with van der Waals surface area (Å²) in [6.07, 6.45) is 1.46. The lowest BCUT2D eigenvalue weighted by atomic mass is 10.0. The second-order valence-electron chi connectivity index (χ2n) is 12.2. The molecule has 1 atom stereocenters. The number of esters is 1. The van der Waals surface area contributed by atoms with Gasteiger partial charge < -0.3 is 28.9 Å². The largest absolute Gasteiger partial charge is 0.466 e. The van der Waals surface area contributed by atoms with Gasteiger partial charge in [-0.05, 0) is 23.4 Å². The third-order valence-corrected chi connectivity index (χ3v) is 9.23. The van der Waals surface area contributed by atoms with Crippen LogP contribution in [0.15, 0.2) is 72.8 Å². The fraction of sp³-hybridized carbons (Fsp3) is 0.361. The number of fused-ring (bicyclic) bond motifs is 2. The molecule has 1 amide bonds. The zero-order valence-electron chi connectivity index (χ0n) is 26.3. The summed E-state index contributed by atoms with van der Waals surface area (Å²) in [5.41, 5.74) is 2.78. The molecule has 1 saturated carbocycles. The molecule has 3 aromatic carbocycles. The molecule has 0 spiro atoms. The smallest absolute Gasteiger partial charge is 0.410 e. The van der Waals surface area contributed by atoms with Crippen LogP contribution in [-0.4, -0.2) is 71.9 Å². The van der Waals surface area contributed by atoms with Gasteiger partial charge in [0.2, 0.25) is 5.60 Å². The Morgan fingerprint density at radius 1 is 0.957 bits per heavy atom. The van der Waals surface area contributed by atoms with Crippen LogP contribution in [0.4, 0.5) is 16.3 Å². The van der Waals surface area contributed by atoms with Crippen LogP contribution in [0, 0.1) is 11.3 Å². The van der Waals surface area contributed by atoms with Crippen molar-refractivity contribution in [2.75, 3.05) is 43.1 Å². The van der Waals surface area contributed by atoms with Gasteiger partial charge in [0.1, 0.15) is 12.4 Å². The van der Waals surface area contributed by atoms with Gasteiger partial charge in [0, 0.05) is 55.7 Å². The first-order valence-corrected chi connectivity index (χ1v) is 16.0. The van der Waals surface area contributed by atoms with Crippen molar-refractivity contribution >= 4 is 34.3 Å². The molecule has 1 aromatic heterocycles. The molecule has 240 valence electrons. The quantitative estimate of drug-likeness (QED) is 0.245. The summed E-state index contributed by atoms with van der Waals surface area (Å²) in [7, 11) is 1.35. The van der Waals surface area contributed by atoms with Crippen LogP contribution in [0.25, 0.3) is 10.8 Å². The number of hydrogen-bond donors (Lipinski definition) is 0. The number of nitrogens with zero attached hydrogens (tertiary/aromatic N) is 6. The average molecular weight is 633 g/mol. The number of benzene rings is 3. The van der Waals surface area contributed by atoms with Crippen LogP contribution in [0.5, 0.6) is 6.01 Å². The van der Waals surface area contributed by atoms with Crippen LogP contribution >= 0.6 is 0 Å². The summed E-state index contributed by atoms with van der Waals surface area (Å²) >= 11 is 0. The summed E-state index contributed by atoms with van der Waals surface area (Å²) in [5.74, 6) is 0.276. The number of aromatic nitrogens is 2. The molecule has 11 nitrogen and oxygen atoms in total. The van der Waals surface area contributed by atoms with Gasteiger partial charge in [0.05, 0.1) is 37.9 Å². The van der Waals surface area contributed by atoms with E-state index in [9.17, 15) is 14.9 Å². The number of nitriles is 1. The van der Waals surface area contributed by atoms with Crippen molar-refractivity contribution in [1.29, 1.82) is 5.26 Å². The number of methoxy groups -OCH3 is 1. The summed E-state index contributed by atoms with van der Waals surface area (Å²) in [4.78, 5) is 41.6. The Balaban J connectivity index is 1.17. The van der Waals surface area contributed by atoms with Crippen molar-refractivity contribution in [3.63, 3.8) is 0 Å². The Bertz CT molecular complexity index is 1830. The number of carbonyl (C=O) groups excluding carboxylic acids is 2. The lowest BCUT2D eigenvalue weighted by molar-refractivity contribution is -0.151. The standard InChI is InChI=1S/C36H36N6O5/c1-45-33(43)36(16-17-36)47-34-38-30-23-40(31-13-7-11-26-10-5-6-12-28(26)31)19-15-29(30)32(39-34)41-20-21-42(27(22-41)14-18-37)35(44)46-24-25-8-3-2-4-9-25/h2-13,27H,14-17,19-24H2,1H3/t27-/m0/s1. The van der Waals surface area contributed by atoms with Crippen molar-refractivity contribution in [3.05, 3.63) is 89.6 Å². The molecule has 2 fully saturated rings. The molecule has 0 radical (unpaired) electrons. The predicted octanol–water partition coefficient (Wildman–Crippen LogP) is 5.02. The van der Waals surface area contributed by atoms with Crippen LogP contribution in [0.2, 0.25) is 0 Å². The normalized spacial score (nSPS) is 18.2. The van der Waals surface area contributed by atoms with Crippen LogP contribution in [0.1, 0.15) is 36.1 Å². The van der Waals surface area contributed by atoms with Gasteiger partial charge in [-0.25, -0.2) is 9.59 Å². The average Bonchev–Trinajstić information content (AvgIpc) is 3.90. The number of piperazine rings is 1. The molecular formula is C36H36N6O5. The summed E-state index contributed by atoms with van der Waals surface area (Å²) < 4.78 is 16.9. The number of anilines is 2. The third-order valence-electron chi connectivity index (χ3n) is 9.23. The lowest BCUT2D eigenvalue weighted by Crippen LogP contribution is -2.55. The molecule has 0 unspecified atom stereocenters. The molecule has 3 heterocycles. The van der Waals surface area contributed by atoms with Crippen molar-refractivity contribution in [2.24, 2.45) is 0 Å². The van der Waals surface area contributed by atoms with Gasteiger partial charge in [-0.1, -0.05) is 66.7 Å². The number of ether oxygens (including phenoxy) is 3. The lowest BCUT2D eigenvalue weighted by Gasteiger charge is -2.42. The third kappa shape index (κ3) is 6.11. The van der Waals surface area contributed by atoms with E-state index in [0.29, 0.717) is 51.3 Å². The van der Waals surface area contributed by atoms with E-state index in [1.165, 1.54) is 17.9 Å². The molecule has 11 heteroatoms. The summed E-state index contributed by atoms with van der Waals surface area (Å²) in [6.45, 7) is 2.70. The van der Waals surface area contributed by atoms with Crippen LogP contribution in [0.3, 0.4) is 0 Å². The van der Waals surface area contributed by atoms with E-state index in [0.717, 1.165) is 29.1 Å². The van der Waals surface area contributed by atoms with Crippen molar-refractivity contribution < 1.29 is 23.8 Å². The van der Waals surface area contributed by atoms with E-state index in [4.69, 9.17) is 24.2 Å². The second-order valence-corrected chi connectivity index (χ2v) is 12.2. The van der Waals surface area contributed by atoms with Gasteiger partial charge in [0.25, 0.3) is 0 Å². The predicted molar refractivity (Wildman–Crippen MR) is 175 cm³/mol. The number of hydrogen-bond acceptors (Lipinski definition) is 10. The molecule has 1 saturated heterocycles. The zero-order valence-corrected chi connectivity index (χ0v) is 26.3. The Morgan fingerprint density at radius 2 is 1.74 bits per heavy atom. The summed E-state index contributed by atoms with van der Waals surface area (Å²) in [5, 5.41) is 12.0. The van der Waals surface area contributed by atoms with E-state index >= 15 is 0 Å². The maximum atomic E-state index is 13.2. The second kappa shape index (κ2) is 12.8. The first-order valence-electron chi connectivity index (χ1n) is 16.0. The number of carbonyl (C=O) groups is 2. The SMILES string of the molecule is COC(=O)C1(Oc2nc3c(c(N4CCN(C(=O)OCc5ccccc5)[C@@H](CC#N)C4)n2)CCN(c2cccc4ccccc24)C3)CC1. The molecular weight excluding hydrogens is 596 g/mol. The maximum Gasteiger partial charge on any atom is 0.410 e. The Hall–Kier alpha value is -5.37. The van der Waals surface area contributed by atoms with E-state index in [1.807, 2.05) is 42.5 Å². The van der Waals surface area contributed by atoms with E-state index in [2.05, 4.69) is 46.2 Å². The molecule has 2 aliphatic heterocycles. The zero-order chi connectivity index (χ0) is 32.4. The minimum atomic E-state index is -1.07. The molecule has 7 rings (SSSR count). The van der Waals surface area contributed by atoms with Crippen LogP contribution in [-0.2, 0) is 33.8 Å². The van der Waals surface area contributed by atoms with Gasteiger partial charge >= 0.3 is 18.1 Å². The molecule has 0 bridgehead atoms. The molecule has 47 heavy (non-hydrogen) atoms. The molecule has 1 aliphatic carbocycles. The van der Waals surface area contributed by atoms with Gasteiger partial charge in [-0.3, -0.25) is 0 Å². The Morgan fingerprint density at radius 3 is 2.53 bits per heavy atom. The van der Waals surface area contributed by atoms with Crippen molar-refractivity contribution in [1.82, 2.24) is 14.9 Å². The number of rotatable bonds is 8. The maximum absolute atomic E-state index is 13.2. The first kappa shape index (κ1) is 30.3. The minimum absolute atomic E-state index is 0.128. The van der Waals surface area contributed by atoms with Gasteiger partial charge in [-0.2, -0.15) is 15.2 Å². The van der Waals surface area contributed by atoms with Crippen molar-refractivity contribution in [2.45, 2.75) is 50.5 Å². The van der Waals surface area contributed by atoms with Crippen molar-refractivity contribution in [3.8, 4) is 12.1 Å². The topological polar surface area (TPSA) is 121 Å².